The zero-order chi connectivity index (χ0) is 19.1. The standard InChI is InChI=1S/C22H35N3O2/c1-4-7-8-14-27-20-10-9-17(15-21(20)26-6-3)22-18-16-25(12-5-2)13-11-19(18)23-24-22/h9-10,15,18,22,24H,4-8,11-14,16H2,1-3H3. The van der Waals surface area contributed by atoms with Crippen molar-refractivity contribution in [3.05, 3.63) is 23.8 Å². The molecule has 1 saturated heterocycles. The van der Waals surface area contributed by atoms with Crippen LogP contribution in [0.15, 0.2) is 23.3 Å². The van der Waals surface area contributed by atoms with Gasteiger partial charge in [-0.2, -0.15) is 5.10 Å². The Labute approximate surface area is 164 Å². The molecule has 5 nitrogen and oxygen atoms in total. The summed E-state index contributed by atoms with van der Waals surface area (Å²) in [5.41, 5.74) is 5.95. The van der Waals surface area contributed by atoms with E-state index < -0.39 is 0 Å². The highest BCUT2D eigenvalue weighted by atomic mass is 16.5. The molecule has 1 fully saturated rings. The number of hydrazone groups is 1. The zero-order valence-corrected chi connectivity index (χ0v) is 17.2. The molecule has 150 valence electrons. The Morgan fingerprint density at radius 2 is 2.00 bits per heavy atom. The quantitative estimate of drug-likeness (QED) is 0.618. The van der Waals surface area contributed by atoms with Crippen LogP contribution in [0.5, 0.6) is 11.5 Å². The van der Waals surface area contributed by atoms with Crippen LogP contribution in [0, 0.1) is 5.92 Å². The topological polar surface area (TPSA) is 46.1 Å². The maximum absolute atomic E-state index is 5.98. The first-order valence-corrected chi connectivity index (χ1v) is 10.7. The third kappa shape index (κ3) is 4.95. The molecule has 2 heterocycles. The molecule has 2 unspecified atom stereocenters. The average molecular weight is 374 g/mol. The fourth-order valence-corrected chi connectivity index (χ4v) is 4.08. The minimum atomic E-state index is 0.230. The molecule has 0 bridgehead atoms. The zero-order valence-electron chi connectivity index (χ0n) is 17.2. The second kappa shape index (κ2) is 9.98. The highest BCUT2D eigenvalue weighted by molar-refractivity contribution is 5.90. The number of hydrogen-bond donors (Lipinski definition) is 1. The molecule has 2 aliphatic heterocycles. The molecule has 2 aliphatic rings. The Morgan fingerprint density at radius 3 is 2.78 bits per heavy atom. The molecule has 3 rings (SSSR count). The van der Waals surface area contributed by atoms with Crippen LogP contribution in [0.2, 0.25) is 0 Å². The van der Waals surface area contributed by atoms with Gasteiger partial charge < -0.3 is 19.8 Å². The number of nitrogens with zero attached hydrogens (tertiary/aromatic N) is 2. The first-order chi connectivity index (χ1) is 13.3. The van der Waals surface area contributed by atoms with Gasteiger partial charge in [-0.15, -0.1) is 0 Å². The number of ether oxygens (including phenoxy) is 2. The second-order valence-corrected chi connectivity index (χ2v) is 7.56. The highest BCUT2D eigenvalue weighted by Crippen LogP contribution is 2.37. The predicted molar refractivity (Wildman–Crippen MR) is 111 cm³/mol. The third-order valence-corrected chi connectivity index (χ3v) is 5.49. The lowest BCUT2D eigenvalue weighted by molar-refractivity contribution is 0.228. The predicted octanol–water partition coefficient (Wildman–Crippen LogP) is 4.39. The van der Waals surface area contributed by atoms with E-state index in [0.29, 0.717) is 12.5 Å². The first-order valence-electron chi connectivity index (χ1n) is 10.7. The molecule has 1 aromatic carbocycles. The van der Waals surface area contributed by atoms with Crippen molar-refractivity contribution in [3.63, 3.8) is 0 Å². The molecule has 0 amide bonds. The van der Waals surface area contributed by atoms with Crippen LogP contribution in [-0.2, 0) is 0 Å². The molecule has 0 aromatic heterocycles. The number of hydrogen-bond acceptors (Lipinski definition) is 5. The van der Waals surface area contributed by atoms with Crippen molar-refractivity contribution < 1.29 is 9.47 Å². The Hall–Kier alpha value is -1.75. The molecular formula is C22H35N3O2. The van der Waals surface area contributed by atoms with Crippen LogP contribution < -0.4 is 14.9 Å². The van der Waals surface area contributed by atoms with Gasteiger partial charge in [0, 0.05) is 31.1 Å². The Balaban J connectivity index is 1.71. The minimum Gasteiger partial charge on any atom is -0.490 e. The number of nitrogens with one attached hydrogen (secondary N) is 1. The van der Waals surface area contributed by atoms with Gasteiger partial charge in [0.15, 0.2) is 11.5 Å². The van der Waals surface area contributed by atoms with Crippen molar-refractivity contribution >= 4 is 5.71 Å². The van der Waals surface area contributed by atoms with Gasteiger partial charge >= 0.3 is 0 Å². The Morgan fingerprint density at radius 1 is 1.11 bits per heavy atom. The van der Waals surface area contributed by atoms with Crippen LogP contribution >= 0.6 is 0 Å². The molecule has 0 radical (unpaired) electrons. The lowest BCUT2D eigenvalue weighted by atomic mass is 9.86. The summed E-state index contributed by atoms with van der Waals surface area (Å²) in [6.45, 7) is 11.3. The van der Waals surface area contributed by atoms with E-state index in [1.165, 1.54) is 37.1 Å². The summed E-state index contributed by atoms with van der Waals surface area (Å²) in [5.74, 6) is 2.16. The van der Waals surface area contributed by atoms with Crippen molar-refractivity contribution in [1.82, 2.24) is 10.3 Å². The molecule has 0 aliphatic carbocycles. The van der Waals surface area contributed by atoms with E-state index in [9.17, 15) is 0 Å². The van der Waals surface area contributed by atoms with Crippen LogP contribution in [0.1, 0.15) is 64.5 Å². The van der Waals surface area contributed by atoms with Gasteiger partial charge in [0.25, 0.3) is 0 Å². The van der Waals surface area contributed by atoms with E-state index in [-0.39, 0.29) is 6.04 Å². The summed E-state index contributed by atoms with van der Waals surface area (Å²) < 4.78 is 11.9. The highest BCUT2D eigenvalue weighted by Gasteiger charge is 2.37. The van der Waals surface area contributed by atoms with Crippen LogP contribution in [0.4, 0.5) is 0 Å². The normalized spacial score (nSPS) is 22.1. The van der Waals surface area contributed by atoms with Gasteiger partial charge in [0.2, 0.25) is 0 Å². The fourth-order valence-electron chi connectivity index (χ4n) is 4.08. The molecular weight excluding hydrogens is 338 g/mol. The second-order valence-electron chi connectivity index (χ2n) is 7.56. The molecule has 1 aromatic rings. The van der Waals surface area contributed by atoms with E-state index >= 15 is 0 Å². The third-order valence-electron chi connectivity index (χ3n) is 5.49. The molecule has 2 atom stereocenters. The molecule has 1 N–H and O–H groups in total. The van der Waals surface area contributed by atoms with Crippen molar-refractivity contribution in [2.75, 3.05) is 32.8 Å². The summed E-state index contributed by atoms with van der Waals surface area (Å²) in [7, 11) is 0. The van der Waals surface area contributed by atoms with Gasteiger partial charge in [-0.1, -0.05) is 32.8 Å². The van der Waals surface area contributed by atoms with Crippen LogP contribution in [0.25, 0.3) is 0 Å². The maximum Gasteiger partial charge on any atom is 0.161 e. The van der Waals surface area contributed by atoms with Crippen molar-refractivity contribution in [2.24, 2.45) is 11.0 Å². The number of rotatable bonds is 10. The lowest BCUT2D eigenvalue weighted by Crippen LogP contribution is -2.42. The number of benzene rings is 1. The fraction of sp³-hybridized carbons (Fsp3) is 0.682. The Kier molecular flexibility index (Phi) is 7.39. The van der Waals surface area contributed by atoms with Gasteiger partial charge in [0.05, 0.1) is 19.3 Å². The summed E-state index contributed by atoms with van der Waals surface area (Å²) in [6.07, 6.45) is 5.76. The Bertz CT molecular complexity index is 632. The molecule has 0 saturated carbocycles. The monoisotopic (exact) mass is 373 g/mol. The first kappa shape index (κ1) is 20.0. The van der Waals surface area contributed by atoms with Gasteiger partial charge in [-0.25, -0.2) is 0 Å². The number of likely N-dealkylation sites (tertiary alicyclic amines) is 1. The SMILES string of the molecule is CCCCCOc1ccc(C2NN=C3CCN(CCC)CC32)cc1OCC. The largest absolute Gasteiger partial charge is 0.490 e. The molecule has 27 heavy (non-hydrogen) atoms. The van der Waals surface area contributed by atoms with Crippen LogP contribution in [-0.4, -0.2) is 43.5 Å². The summed E-state index contributed by atoms with van der Waals surface area (Å²) >= 11 is 0. The number of piperidine rings is 1. The summed E-state index contributed by atoms with van der Waals surface area (Å²) in [5, 5.41) is 4.65. The molecule has 5 heteroatoms. The van der Waals surface area contributed by atoms with E-state index in [1.807, 2.05) is 6.92 Å². The maximum atomic E-state index is 5.98. The number of unbranched alkanes of at least 4 members (excludes halogenated alkanes) is 2. The summed E-state index contributed by atoms with van der Waals surface area (Å²) in [6, 6.07) is 6.62. The minimum absolute atomic E-state index is 0.230. The summed E-state index contributed by atoms with van der Waals surface area (Å²) in [4.78, 5) is 2.57. The van der Waals surface area contributed by atoms with Crippen molar-refractivity contribution in [2.45, 2.75) is 58.9 Å². The van der Waals surface area contributed by atoms with E-state index in [2.05, 4.69) is 47.5 Å². The van der Waals surface area contributed by atoms with Crippen LogP contribution in [0.3, 0.4) is 0 Å². The van der Waals surface area contributed by atoms with Gasteiger partial charge in [-0.3, -0.25) is 0 Å². The van der Waals surface area contributed by atoms with E-state index in [4.69, 9.17) is 9.47 Å². The van der Waals surface area contributed by atoms with E-state index in [1.54, 1.807) is 0 Å². The van der Waals surface area contributed by atoms with E-state index in [0.717, 1.165) is 44.0 Å². The lowest BCUT2D eigenvalue weighted by Gasteiger charge is -2.33. The van der Waals surface area contributed by atoms with Gasteiger partial charge in [0.1, 0.15) is 0 Å². The number of fused-ring (bicyclic) bond motifs is 1. The average Bonchev–Trinajstić information content (AvgIpc) is 3.10. The van der Waals surface area contributed by atoms with Crippen molar-refractivity contribution in [1.29, 1.82) is 0 Å². The molecule has 0 spiro atoms. The smallest absolute Gasteiger partial charge is 0.161 e. The van der Waals surface area contributed by atoms with Gasteiger partial charge in [-0.05, 0) is 44.0 Å². The van der Waals surface area contributed by atoms with Crippen molar-refractivity contribution in [3.8, 4) is 11.5 Å².